The molecule has 2 aromatic rings. The molecule has 0 N–H and O–H groups in total. The summed E-state index contributed by atoms with van der Waals surface area (Å²) in [5.41, 5.74) is 0.918. The molecule has 1 aliphatic carbocycles. The van der Waals surface area contributed by atoms with Crippen molar-refractivity contribution in [1.82, 2.24) is 9.80 Å². The average molecular weight is 424 g/mol. The van der Waals surface area contributed by atoms with Gasteiger partial charge in [0.1, 0.15) is 12.3 Å². The first-order valence-electron chi connectivity index (χ1n) is 10.7. The normalized spacial score (nSPS) is 15.1. The summed E-state index contributed by atoms with van der Waals surface area (Å²) >= 11 is 0. The molecule has 2 aliphatic rings. The Balaban J connectivity index is 1.49. The Morgan fingerprint density at radius 3 is 2.61 bits per heavy atom. The van der Waals surface area contributed by atoms with E-state index < -0.39 is 0 Å². The van der Waals surface area contributed by atoms with Crippen molar-refractivity contribution < 1.29 is 23.5 Å². The lowest BCUT2D eigenvalue weighted by molar-refractivity contribution is -0.143. The molecule has 0 unspecified atom stereocenters. The Hall–Kier alpha value is -3.22. The predicted octanol–water partition coefficient (Wildman–Crippen LogP) is 3.74. The quantitative estimate of drug-likeness (QED) is 0.574. The maximum atomic E-state index is 13.3. The summed E-state index contributed by atoms with van der Waals surface area (Å²) < 4.78 is 16.3. The number of furan rings is 1. The van der Waals surface area contributed by atoms with Gasteiger partial charge in [-0.25, -0.2) is 0 Å². The zero-order valence-corrected chi connectivity index (χ0v) is 17.6. The summed E-state index contributed by atoms with van der Waals surface area (Å²) in [6.07, 6.45) is 7.20. The smallest absolute Gasteiger partial charge is 0.242 e. The van der Waals surface area contributed by atoms with Crippen LogP contribution in [-0.2, 0) is 22.7 Å². The van der Waals surface area contributed by atoms with E-state index in [1.165, 1.54) is 0 Å². The van der Waals surface area contributed by atoms with Gasteiger partial charge in [-0.1, -0.05) is 25.0 Å². The second-order valence-corrected chi connectivity index (χ2v) is 8.01. The minimum atomic E-state index is -0.137. The molecule has 31 heavy (non-hydrogen) atoms. The number of carbonyl (C=O) groups is 2. The highest BCUT2D eigenvalue weighted by Gasteiger charge is 2.29. The van der Waals surface area contributed by atoms with E-state index in [1.54, 1.807) is 28.2 Å². The number of hydrogen-bond donors (Lipinski definition) is 0. The monoisotopic (exact) mass is 424 g/mol. The molecule has 1 aromatic carbocycles. The van der Waals surface area contributed by atoms with Crippen LogP contribution in [0.25, 0.3) is 0 Å². The Kier molecular flexibility index (Phi) is 6.60. The van der Waals surface area contributed by atoms with Crippen LogP contribution >= 0.6 is 0 Å². The van der Waals surface area contributed by atoms with Gasteiger partial charge in [0.25, 0.3) is 0 Å². The van der Waals surface area contributed by atoms with Crippen LogP contribution in [0.2, 0.25) is 0 Å². The zero-order chi connectivity index (χ0) is 21.6. The fraction of sp³-hybridized carbons (Fsp3) is 0.417. The average Bonchev–Trinajstić information content (AvgIpc) is 3.54. The number of ether oxygens (including phenoxy) is 2. The third-order valence-electron chi connectivity index (χ3n) is 5.78. The first-order valence-corrected chi connectivity index (χ1v) is 10.7. The number of carbonyl (C=O) groups excluding carboxylic acids is 2. The largest absolute Gasteiger partial charge is 0.467 e. The van der Waals surface area contributed by atoms with Crippen LogP contribution in [-0.4, -0.2) is 41.5 Å². The zero-order valence-electron chi connectivity index (χ0n) is 17.6. The van der Waals surface area contributed by atoms with Crippen molar-refractivity contribution in [3.8, 4) is 11.5 Å². The molecular formula is C24H28N2O5. The van der Waals surface area contributed by atoms with Crippen molar-refractivity contribution >= 4 is 11.8 Å². The summed E-state index contributed by atoms with van der Waals surface area (Å²) in [6, 6.07) is 9.29. The van der Waals surface area contributed by atoms with Gasteiger partial charge in [-0.3, -0.25) is 9.59 Å². The van der Waals surface area contributed by atoms with E-state index in [-0.39, 0.29) is 31.1 Å². The van der Waals surface area contributed by atoms with Crippen LogP contribution in [0, 0.1) is 5.92 Å². The molecule has 2 heterocycles. The highest BCUT2D eigenvalue weighted by atomic mass is 16.7. The topological polar surface area (TPSA) is 72.2 Å². The molecule has 4 rings (SSSR count). The first-order chi connectivity index (χ1) is 15.1. The molecule has 0 spiro atoms. The van der Waals surface area contributed by atoms with Crippen LogP contribution < -0.4 is 9.47 Å². The number of benzene rings is 1. The van der Waals surface area contributed by atoms with Gasteiger partial charge in [-0.05, 0) is 42.7 Å². The molecule has 164 valence electrons. The minimum absolute atomic E-state index is 0.0140. The maximum Gasteiger partial charge on any atom is 0.242 e. The van der Waals surface area contributed by atoms with Crippen LogP contribution in [0.4, 0.5) is 0 Å². The molecular weight excluding hydrogens is 396 g/mol. The number of rotatable bonds is 9. The van der Waals surface area contributed by atoms with E-state index in [9.17, 15) is 9.59 Å². The van der Waals surface area contributed by atoms with E-state index in [2.05, 4.69) is 6.58 Å². The van der Waals surface area contributed by atoms with Crippen molar-refractivity contribution in [1.29, 1.82) is 0 Å². The lowest BCUT2D eigenvalue weighted by Crippen LogP contribution is -2.44. The molecule has 1 saturated carbocycles. The van der Waals surface area contributed by atoms with Gasteiger partial charge >= 0.3 is 0 Å². The molecule has 2 amide bonds. The SMILES string of the molecule is C=CCN(CC(=O)N(Cc1ccc2c(c1)OCO2)Cc1ccco1)C(=O)C1CCCC1. The van der Waals surface area contributed by atoms with Gasteiger partial charge in [0, 0.05) is 19.0 Å². The molecule has 7 heteroatoms. The van der Waals surface area contributed by atoms with E-state index in [0.717, 1.165) is 31.2 Å². The summed E-state index contributed by atoms with van der Waals surface area (Å²) in [4.78, 5) is 29.6. The standard InChI is InChI=1S/C24H28N2O5/c1-2-11-25(24(28)19-6-3-4-7-19)16-23(27)26(15-20-8-5-12-29-20)14-18-9-10-21-22(13-18)31-17-30-21/h2,5,8-10,12-13,19H,1,3-4,6-7,11,14-17H2. The molecule has 1 aliphatic heterocycles. The molecule has 1 aromatic heterocycles. The maximum absolute atomic E-state index is 13.3. The van der Waals surface area contributed by atoms with E-state index >= 15 is 0 Å². The lowest BCUT2D eigenvalue weighted by atomic mass is 10.1. The van der Waals surface area contributed by atoms with Crippen LogP contribution in [0.15, 0.2) is 53.7 Å². The van der Waals surface area contributed by atoms with Gasteiger partial charge in [0.05, 0.1) is 12.8 Å². The Bertz CT molecular complexity index is 918. The third-order valence-corrected chi connectivity index (χ3v) is 5.78. The molecule has 0 atom stereocenters. The number of fused-ring (bicyclic) bond motifs is 1. The lowest BCUT2D eigenvalue weighted by Gasteiger charge is -2.28. The van der Waals surface area contributed by atoms with Gasteiger partial charge < -0.3 is 23.7 Å². The van der Waals surface area contributed by atoms with E-state index in [1.807, 2.05) is 24.3 Å². The minimum Gasteiger partial charge on any atom is -0.467 e. The van der Waals surface area contributed by atoms with Crippen molar-refractivity contribution in [3.63, 3.8) is 0 Å². The third kappa shape index (κ3) is 5.10. The molecule has 1 fully saturated rings. The van der Waals surface area contributed by atoms with Crippen molar-refractivity contribution in [2.75, 3.05) is 19.9 Å². The van der Waals surface area contributed by atoms with Crippen molar-refractivity contribution in [3.05, 3.63) is 60.6 Å². The van der Waals surface area contributed by atoms with Crippen molar-refractivity contribution in [2.45, 2.75) is 38.8 Å². The van der Waals surface area contributed by atoms with Crippen LogP contribution in [0.5, 0.6) is 11.5 Å². The Labute approximate surface area is 182 Å². The van der Waals surface area contributed by atoms with E-state index in [4.69, 9.17) is 13.9 Å². The molecule has 7 nitrogen and oxygen atoms in total. The fourth-order valence-electron chi connectivity index (χ4n) is 4.17. The van der Waals surface area contributed by atoms with Crippen molar-refractivity contribution in [2.24, 2.45) is 5.92 Å². The first kappa shape index (κ1) is 21.0. The molecule has 0 radical (unpaired) electrons. The summed E-state index contributed by atoms with van der Waals surface area (Å²) in [6.45, 7) is 5.04. The number of hydrogen-bond acceptors (Lipinski definition) is 5. The van der Waals surface area contributed by atoms with E-state index in [0.29, 0.717) is 36.9 Å². The Morgan fingerprint density at radius 2 is 1.87 bits per heavy atom. The molecule has 0 saturated heterocycles. The summed E-state index contributed by atoms with van der Waals surface area (Å²) in [7, 11) is 0. The predicted molar refractivity (Wildman–Crippen MR) is 114 cm³/mol. The number of amides is 2. The van der Waals surface area contributed by atoms with Gasteiger partial charge in [0.15, 0.2) is 11.5 Å². The summed E-state index contributed by atoms with van der Waals surface area (Å²) in [5.74, 6) is 1.99. The second-order valence-electron chi connectivity index (χ2n) is 8.01. The number of nitrogens with zero attached hydrogens (tertiary/aromatic N) is 2. The summed E-state index contributed by atoms with van der Waals surface area (Å²) in [5, 5.41) is 0. The fourth-order valence-corrected chi connectivity index (χ4v) is 4.17. The van der Waals surface area contributed by atoms with Gasteiger partial charge in [-0.2, -0.15) is 0 Å². The van der Waals surface area contributed by atoms with Crippen LogP contribution in [0.3, 0.4) is 0 Å². The Morgan fingerprint density at radius 1 is 1.06 bits per heavy atom. The molecule has 0 bridgehead atoms. The van der Waals surface area contributed by atoms with Gasteiger partial charge in [-0.15, -0.1) is 6.58 Å². The van der Waals surface area contributed by atoms with Crippen LogP contribution in [0.1, 0.15) is 37.0 Å². The second kappa shape index (κ2) is 9.73. The highest BCUT2D eigenvalue weighted by Crippen LogP contribution is 2.33. The highest BCUT2D eigenvalue weighted by molar-refractivity contribution is 5.86. The van der Waals surface area contributed by atoms with Gasteiger partial charge in [0.2, 0.25) is 18.6 Å².